The van der Waals surface area contributed by atoms with E-state index < -0.39 is 17.5 Å². The zero-order chi connectivity index (χ0) is 15.2. The zero-order valence-corrected chi connectivity index (χ0v) is 11.9. The predicted octanol–water partition coefficient (Wildman–Crippen LogP) is 2.42. The smallest absolute Gasteiger partial charge is 0.224 e. The van der Waals surface area contributed by atoms with Crippen LogP contribution in [0.1, 0.15) is 32.3 Å². The van der Waals surface area contributed by atoms with Gasteiger partial charge >= 0.3 is 0 Å². The van der Waals surface area contributed by atoms with Crippen LogP contribution in [0.15, 0.2) is 18.2 Å². The van der Waals surface area contributed by atoms with Crippen LogP contribution in [0.2, 0.25) is 0 Å². The Bertz CT molecular complexity index is 431. The number of halogens is 2. The molecule has 0 aliphatic rings. The lowest BCUT2D eigenvalue weighted by atomic mass is 9.83. The molecule has 112 valence electrons. The van der Waals surface area contributed by atoms with E-state index in [1.54, 1.807) is 0 Å². The zero-order valence-electron chi connectivity index (χ0n) is 11.9. The van der Waals surface area contributed by atoms with Crippen LogP contribution >= 0.6 is 0 Å². The van der Waals surface area contributed by atoms with Crippen LogP contribution < -0.4 is 5.32 Å². The SMILES string of the molecule is CCC(CC)(CO)CNC(=O)Cc1c(F)cccc1F. The van der Waals surface area contributed by atoms with Gasteiger partial charge in [0, 0.05) is 17.5 Å². The fraction of sp³-hybridized carbons (Fsp3) is 0.533. The first-order valence-corrected chi connectivity index (χ1v) is 6.78. The molecule has 0 bridgehead atoms. The molecule has 0 aliphatic carbocycles. The van der Waals surface area contributed by atoms with Crippen LogP contribution in [-0.4, -0.2) is 24.2 Å². The lowest BCUT2D eigenvalue weighted by molar-refractivity contribution is -0.121. The summed E-state index contributed by atoms with van der Waals surface area (Å²) in [5, 5.41) is 12.0. The number of amides is 1. The molecule has 0 spiro atoms. The third-order valence-electron chi connectivity index (χ3n) is 3.89. The molecule has 0 aromatic heterocycles. The molecule has 1 rings (SSSR count). The van der Waals surface area contributed by atoms with Gasteiger partial charge in [-0.05, 0) is 25.0 Å². The second-order valence-electron chi connectivity index (χ2n) is 5.02. The number of aliphatic hydroxyl groups excluding tert-OH is 1. The highest BCUT2D eigenvalue weighted by Gasteiger charge is 2.26. The number of hydrogen-bond acceptors (Lipinski definition) is 2. The summed E-state index contributed by atoms with van der Waals surface area (Å²) in [5.41, 5.74) is -0.601. The van der Waals surface area contributed by atoms with Gasteiger partial charge < -0.3 is 10.4 Å². The van der Waals surface area contributed by atoms with Crippen LogP contribution in [0.5, 0.6) is 0 Å². The molecule has 2 N–H and O–H groups in total. The lowest BCUT2D eigenvalue weighted by Gasteiger charge is -2.29. The molecule has 0 saturated carbocycles. The molecular formula is C15H21F2NO2. The number of rotatable bonds is 7. The molecule has 1 aromatic carbocycles. The number of nitrogens with one attached hydrogen (secondary N) is 1. The van der Waals surface area contributed by atoms with Gasteiger partial charge in [0.2, 0.25) is 5.91 Å². The highest BCUT2D eigenvalue weighted by Crippen LogP contribution is 2.24. The maximum atomic E-state index is 13.4. The number of aliphatic hydroxyl groups is 1. The Hall–Kier alpha value is -1.49. The summed E-state index contributed by atoms with van der Waals surface area (Å²) < 4.78 is 26.8. The average Bonchev–Trinajstić information content (AvgIpc) is 2.45. The number of carbonyl (C=O) groups is 1. The molecule has 0 fully saturated rings. The molecule has 3 nitrogen and oxygen atoms in total. The molecule has 0 radical (unpaired) electrons. The molecule has 5 heteroatoms. The summed E-state index contributed by atoms with van der Waals surface area (Å²) >= 11 is 0. The van der Waals surface area contributed by atoms with Crippen molar-refractivity contribution in [3.05, 3.63) is 35.4 Å². The molecule has 0 heterocycles. The van der Waals surface area contributed by atoms with Crippen molar-refractivity contribution >= 4 is 5.91 Å². The number of benzene rings is 1. The molecule has 0 atom stereocenters. The third-order valence-corrected chi connectivity index (χ3v) is 3.89. The minimum absolute atomic E-state index is 0.0334. The van der Waals surface area contributed by atoms with E-state index in [9.17, 15) is 18.7 Å². The van der Waals surface area contributed by atoms with Crippen LogP contribution in [-0.2, 0) is 11.2 Å². The molecule has 0 saturated heterocycles. The number of carbonyl (C=O) groups excluding carboxylic acids is 1. The Balaban J connectivity index is 2.65. The standard InChI is InChI=1S/C15H21F2NO2/c1-3-15(4-2,10-19)9-18-14(20)8-11-12(16)6-5-7-13(11)17/h5-7,19H,3-4,8-10H2,1-2H3,(H,18,20). The predicted molar refractivity (Wildman–Crippen MR) is 73.2 cm³/mol. The first-order valence-electron chi connectivity index (χ1n) is 6.78. The Labute approximate surface area is 118 Å². The molecule has 20 heavy (non-hydrogen) atoms. The fourth-order valence-electron chi connectivity index (χ4n) is 1.99. The van der Waals surface area contributed by atoms with E-state index in [2.05, 4.69) is 5.32 Å². The summed E-state index contributed by atoms with van der Waals surface area (Å²) in [6, 6.07) is 3.51. The van der Waals surface area contributed by atoms with Gasteiger partial charge in [0.1, 0.15) is 11.6 Å². The van der Waals surface area contributed by atoms with Gasteiger partial charge in [-0.3, -0.25) is 4.79 Å². The summed E-state index contributed by atoms with van der Waals surface area (Å²) in [5.74, 6) is -1.90. The fourth-order valence-corrected chi connectivity index (χ4v) is 1.99. The van der Waals surface area contributed by atoms with E-state index in [1.165, 1.54) is 6.07 Å². The van der Waals surface area contributed by atoms with Crippen molar-refractivity contribution in [2.24, 2.45) is 5.41 Å². The van der Waals surface area contributed by atoms with Crippen LogP contribution in [0.3, 0.4) is 0 Å². The minimum Gasteiger partial charge on any atom is -0.396 e. The Morgan fingerprint density at radius 3 is 2.25 bits per heavy atom. The van der Waals surface area contributed by atoms with Gasteiger partial charge in [-0.2, -0.15) is 0 Å². The summed E-state index contributed by atoms with van der Waals surface area (Å²) in [4.78, 5) is 11.8. The highest BCUT2D eigenvalue weighted by molar-refractivity contribution is 5.78. The van der Waals surface area contributed by atoms with Gasteiger partial charge in [-0.1, -0.05) is 19.9 Å². The van der Waals surface area contributed by atoms with Gasteiger partial charge in [0.15, 0.2) is 0 Å². The van der Waals surface area contributed by atoms with Crippen molar-refractivity contribution in [3.8, 4) is 0 Å². The second kappa shape index (κ2) is 7.33. The van der Waals surface area contributed by atoms with E-state index in [-0.39, 0.29) is 24.0 Å². The maximum Gasteiger partial charge on any atom is 0.224 e. The number of hydrogen-bond donors (Lipinski definition) is 2. The summed E-state index contributed by atoms with van der Waals surface area (Å²) in [6.45, 7) is 4.13. The minimum atomic E-state index is -0.723. The van der Waals surface area contributed by atoms with Crippen molar-refractivity contribution in [1.82, 2.24) is 5.32 Å². The Morgan fingerprint density at radius 2 is 1.80 bits per heavy atom. The third kappa shape index (κ3) is 4.00. The monoisotopic (exact) mass is 285 g/mol. The van der Waals surface area contributed by atoms with Crippen molar-refractivity contribution in [2.45, 2.75) is 33.1 Å². The largest absolute Gasteiger partial charge is 0.396 e. The van der Waals surface area contributed by atoms with E-state index in [4.69, 9.17) is 0 Å². The average molecular weight is 285 g/mol. The van der Waals surface area contributed by atoms with E-state index in [0.717, 1.165) is 12.1 Å². The molecular weight excluding hydrogens is 264 g/mol. The molecule has 1 aromatic rings. The Kier molecular flexibility index (Phi) is 6.07. The molecule has 1 amide bonds. The summed E-state index contributed by atoms with van der Waals surface area (Å²) in [7, 11) is 0. The maximum absolute atomic E-state index is 13.4. The second-order valence-corrected chi connectivity index (χ2v) is 5.02. The van der Waals surface area contributed by atoms with Crippen LogP contribution in [0, 0.1) is 17.0 Å². The highest BCUT2D eigenvalue weighted by atomic mass is 19.1. The van der Waals surface area contributed by atoms with Crippen molar-refractivity contribution in [3.63, 3.8) is 0 Å². The van der Waals surface area contributed by atoms with Gasteiger partial charge in [-0.15, -0.1) is 0 Å². The molecule has 0 unspecified atom stereocenters. The van der Waals surface area contributed by atoms with E-state index in [0.29, 0.717) is 19.4 Å². The normalized spacial score (nSPS) is 11.4. The quantitative estimate of drug-likeness (QED) is 0.808. The first-order chi connectivity index (χ1) is 9.48. The van der Waals surface area contributed by atoms with Crippen LogP contribution in [0.4, 0.5) is 8.78 Å². The van der Waals surface area contributed by atoms with E-state index >= 15 is 0 Å². The molecule has 0 aliphatic heterocycles. The Morgan fingerprint density at radius 1 is 1.25 bits per heavy atom. The van der Waals surface area contributed by atoms with Gasteiger partial charge in [-0.25, -0.2) is 8.78 Å². The topological polar surface area (TPSA) is 49.3 Å². The van der Waals surface area contributed by atoms with Crippen molar-refractivity contribution in [1.29, 1.82) is 0 Å². The summed E-state index contributed by atoms with van der Waals surface area (Å²) in [6.07, 6.45) is 1.09. The first kappa shape index (κ1) is 16.6. The van der Waals surface area contributed by atoms with Gasteiger partial charge in [0.25, 0.3) is 0 Å². The van der Waals surface area contributed by atoms with Crippen LogP contribution in [0.25, 0.3) is 0 Å². The van der Waals surface area contributed by atoms with Crippen molar-refractivity contribution in [2.75, 3.05) is 13.2 Å². The lowest BCUT2D eigenvalue weighted by Crippen LogP contribution is -2.40. The van der Waals surface area contributed by atoms with Crippen molar-refractivity contribution < 1.29 is 18.7 Å². The van der Waals surface area contributed by atoms with Gasteiger partial charge in [0.05, 0.1) is 13.0 Å². The van der Waals surface area contributed by atoms with E-state index in [1.807, 2.05) is 13.8 Å².